The van der Waals surface area contributed by atoms with E-state index in [1.54, 1.807) is 14.0 Å². The Bertz CT molecular complexity index is 200. The van der Waals surface area contributed by atoms with Crippen LogP contribution < -0.4 is 0 Å². The van der Waals surface area contributed by atoms with Gasteiger partial charge in [-0.1, -0.05) is 0 Å². The number of hydrogen-bond acceptors (Lipinski definition) is 3. The molecule has 0 spiro atoms. The van der Waals surface area contributed by atoms with E-state index in [-0.39, 0.29) is 12.0 Å². The highest BCUT2D eigenvalue weighted by atomic mass is 16.5. The predicted molar refractivity (Wildman–Crippen MR) is 57.7 cm³/mol. The molecule has 4 nitrogen and oxygen atoms in total. The monoisotopic (exact) mass is 215 g/mol. The Balaban J connectivity index is 2.33. The first-order valence-corrected chi connectivity index (χ1v) is 5.62. The lowest BCUT2D eigenvalue weighted by Crippen LogP contribution is -2.45. The summed E-state index contributed by atoms with van der Waals surface area (Å²) in [6.07, 6.45) is 1.89. The summed E-state index contributed by atoms with van der Waals surface area (Å²) >= 11 is 0. The maximum Gasteiger partial charge on any atom is 0.251 e. The first-order valence-electron chi connectivity index (χ1n) is 5.62. The third-order valence-electron chi connectivity index (χ3n) is 2.86. The summed E-state index contributed by atoms with van der Waals surface area (Å²) in [7, 11) is 1.56. The molecule has 1 heterocycles. The Morgan fingerprint density at radius 2 is 2.07 bits per heavy atom. The van der Waals surface area contributed by atoms with Gasteiger partial charge in [-0.05, 0) is 26.7 Å². The van der Waals surface area contributed by atoms with Gasteiger partial charge < -0.3 is 14.4 Å². The van der Waals surface area contributed by atoms with Crippen LogP contribution in [0.25, 0.3) is 0 Å². The van der Waals surface area contributed by atoms with E-state index < -0.39 is 0 Å². The lowest BCUT2D eigenvalue weighted by molar-refractivity contribution is -0.143. The SMILES string of the molecule is CCOC1CCN(C(=O)[C@H](C)OC)CC1. The van der Waals surface area contributed by atoms with Crippen molar-refractivity contribution in [3.8, 4) is 0 Å². The molecule has 0 aliphatic carbocycles. The van der Waals surface area contributed by atoms with Crippen LogP contribution in [0.5, 0.6) is 0 Å². The van der Waals surface area contributed by atoms with E-state index in [2.05, 4.69) is 0 Å². The Hall–Kier alpha value is -0.610. The van der Waals surface area contributed by atoms with Crippen molar-refractivity contribution in [2.45, 2.75) is 38.9 Å². The molecule has 0 aromatic heterocycles. The fourth-order valence-corrected chi connectivity index (χ4v) is 1.84. The molecule has 4 heteroatoms. The standard InChI is InChI=1S/C11H21NO3/c1-4-15-10-5-7-12(8-6-10)11(13)9(2)14-3/h9-10H,4-8H2,1-3H3/t9-/m0/s1. The third-order valence-corrected chi connectivity index (χ3v) is 2.86. The van der Waals surface area contributed by atoms with Gasteiger partial charge in [0.15, 0.2) is 0 Å². The van der Waals surface area contributed by atoms with Crippen LogP contribution in [0.15, 0.2) is 0 Å². The largest absolute Gasteiger partial charge is 0.378 e. The number of ether oxygens (including phenoxy) is 2. The Labute approximate surface area is 91.5 Å². The van der Waals surface area contributed by atoms with Crippen molar-refractivity contribution in [3.63, 3.8) is 0 Å². The molecule has 1 saturated heterocycles. The quantitative estimate of drug-likeness (QED) is 0.703. The van der Waals surface area contributed by atoms with Crippen molar-refractivity contribution >= 4 is 5.91 Å². The Morgan fingerprint density at radius 1 is 1.47 bits per heavy atom. The first-order chi connectivity index (χ1) is 7.19. The highest BCUT2D eigenvalue weighted by molar-refractivity contribution is 5.80. The van der Waals surface area contributed by atoms with E-state index in [0.29, 0.717) is 6.10 Å². The predicted octanol–water partition coefficient (Wildman–Crippen LogP) is 1.05. The molecular weight excluding hydrogens is 194 g/mol. The highest BCUT2D eigenvalue weighted by Crippen LogP contribution is 2.14. The van der Waals surface area contributed by atoms with E-state index in [0.717, 1.165) is 32.5 Å². The van der Waals surface area contributed by atoms with Gasteiger partial charge in [0.1, 0.15) is 6.10 Å². The zero-order valence-electron chi connectivity index (χ0n) is 9.86. The van der Waals surface area contributed by atoms with Crippen LogP contribution >= 0.6 is 0 Å². The zero-order valence-corrected chi connectivity index (χ0v) is 9.86. The molecule has 0 bridgehead atoms. The first kappa shape index (κ1) is 12.5. The number of carbonyl (C=O) groups is 1. The molecule has 1 amide bonds. The normalized spacial score (nSPS) is 20.3. The van der Waals surface area contributed by atoms with E-state index in [1.807, 2.05) is 11.8 Å². The minimum Gasteiger partial charge on any atom is -0.378 e. The topological polar surface area (TPSA) is 38.8 Å². The molecule has 15 heavy (non-hydrogen) atoms. The van der Waals surface area contributed by atoms with Gasteiger partial charge in [0.2, 0.25) is 0 Å². The van der Waals surface area contributed by atoms with Gasteiger partial charge in [-0.15, -0.1) is 0 Å². The van der Waals surface area contributed by atoms with Gasteiger partial charge in [-0.2, -0.15) is 0 Å². The van der Waals surface area contributed by atoms with Crippen LogP contribution in [0.4, 0.5) is 0 Å². The number of piperidine rings is 1. The number of likely N-dealkylation sites (tertiary alicyclic amines) is 1. The number of methoxy groups -OCH3 is 1. The summed E-state index contributed by atoms with van der Waals surface area (Å²) in [6.45, 7) is 6.13. The lowest BCUT2D eigenvalue weighted by atomic mass is 10.1. The fourth-order valence-electron chi connectivity index (χ4n) is 1.84. The van der Waals surface area contributed by atoms with Crippen molar-refractivity contribution in [3.05, 3.63) is 0 Å². The molecule has 0 N–H and O–H groups in total. The van der Waals surface area contributed by atoms with Crippen LogP contribution in [0.3, 0.4) is 0 Å². The fraction of sp³-hybridized carbons (Fsp3) is 0.909. The van der Waals surface area contributed by atoms with E-state index in [1.165, 1.54) is 0 Å². The Morgan fingerprint density at radius 3 is 2.53 bits per heavy atom. The molecule has 88 valence electrons. The molecule has 1 fully saturated rings. The summed E-state index contributed by atoms with van der Waals surface area (Å²) in [5, 5.41) is 0. The molecule has 0 aromatic carbocycles. The van der Waals surface area contributed by atoms with Gasteiger partial charge in [-0.3, -0.25) is 4.79 Å². The Kier molecular flexibility index (Phi) is 5.05. The summed E-state index contributed by atoms with van der Waals surface area (Å²) in [4.78, 5) is 13.6. The second kappa shape index (κ2) is 6.08. The van der Waals surface area contributed by atoms with E-state index in [9.17, 15) is 4.79 Å². The molecule has 0 radical (unpaired) electrons. The van der Waals surface area contributed by atoms with Gasteiger partial charge in [0.05, 0.1) is 6.10 Å². The second-order valence-electron chi connectivity index (χ2n) is 3.86. The minimum atomic E-state index is -0.325. The van der Waals surface area contributed by atoms with Crippen molar-refractivity contribution < 1.29 is 14.3 Å². The molecule has 1 aliphatic heterocycles. The smallest absolute Gasteiger partial charge is 0.251 e. The number of carbonyl (C=O) groups excluding carboxylic acids is 1. The maximum absolute atomic E-state index is 11.8. The lowest BCUT2D eigenvalue weighted by Gasteiger charge is -2.33. The molecule has 0 aromatic rings. The molecule has 1 aliphatic rings. The summed E-state index contributed by atoms with van der Waals surface area (Å²) in [5.74, 6) is 0.0902. The van der Waals surface area contributed by atoms with E-state index >= 15 is 0 Å². The molecule has 0 saturated carbocycles. The average molecular weight is 215 g/mol. The molecular formula is C11H21NO3. The van der Waals surface area contributed by atoms with Gasteiger partial charge >= 0.3 is 0 Å². The average Bonchev–Trinajstić information content (AvgIpc) is 2.28. The van der Waals surface area contributed by atoms with Gasteiger partial charge in [0.25, 0.3) is 5.91 Å². The van der Waals surface area contributed by atoms with Crippen LogP contribution in [-0.4, -0.2) is 49.8 Å². The van der Waals surface area contributed by atoms with Crippen molar-refractivity contribution in [2.24, 2.45) is 0 Å². The minimum absolute atomic E-state index is 0.0902. The number of rotatable bonds is 4. The number of hydrogen-bond donors (Lipinski definition) is 0. The van der Waals surface area contributed by atoms with Crippen molar-refractivity contribution in [2.75, 3.05) is 26.8 Å². The van der Waals surface area contributed by atoms with Crippen molar-refractivity contribution in [1.82, 2.24) is 4.90 Å². The summed E-state index contributed by atoms with van der Waals surface area (Å²) in [6, 6.07) is 0. The second-order valence-corrected chi connectivity index (χ2v) is 3.86. The van der Waals surface area contributed by atoms with Crippen molar-refractivity contribution in [1.29, 1.82) is 0 Å². The van der Waals surface area contributed by atoms with Crippen LogP contribution in [0.2, 0.25) is 0 Å². The summed E-state index contributed by atoms with van der Waals surface area (Å²) < 4.78 is 10.5. The maximum atomic E-state index is 11.8. The zero-order chi connectivity index (χ0) is 11.3. The molecule has 0 unspecified atom stereocenters. The third kappa shape index (κ3) is 3.47. The summed E-state index contributed by atoms with van der Waals surface area (Å²) in [5.41, 5.74) is 0. The van der Waals surface area contributed by atoms with Crippen LogP contribution in [0.1, 0.15) is 26.7 Å². The van der Waals surface area contributed by atoms with Gasteiger partial charge in [-0.25, -0.2) is 0 Å². The highest BCUT2D eigenvalue weighted by Gasteiger charge is 2.25. The number of nitrogens with zero attached hydrogens (tertiary/aromatic N) is 1. The van der Waals surface area contributed by atoms with Gasteiger partial charge in [0, 0.05) is 26.8 Å². The van der Waals surface area contributed by atoms with Crippen LogP contribution in [0, 0.1) is 0 Å². The van der Waals surface area contributed by atoms with Crippen LogP contribution in [-0.2, 0) is 14.3 Å². The molecule has 1 atom stereocenters. The molecule has 1 rings (SSSR count). The van der Waals surface area contributed by atoms with E-state index in [4.69, 9.17) is 9.47 Å². The number of amides is 1.